The molecular weight excluding hydrogens is 223 g/mol. The van der Waals surface area contributed by atoms with E-state index >= 15 is 0 Å². The highest BCUT2D eigenvalue weighted by Gasteiger charge is 2.13. The number of hydrogen-bond donors (Lipinski definition) is 1. The molecule has 0 aliphatic heterocycles. The first kappa shape index (κ1) is 21.3. The van der Waals surface area contributed by atoms with Crippen molar-refractivity contribution in [1.82, 2.24) is 5.32 Å². The second-order valence-electron chi connectivity index (χ2n) is 4.10. The van der Waals surface area contributed by atoms with Gasteiger partial charge < -0.3 is 9.80 Å². The topological polar surface area (TPSA) is 38.3 Å². The average Bonchev–Trinajstić information content (AvgIpc) is 2.13. The Morgan fingerprint density at radius 3 is 2.25 bits per heavy atom. The summed E-state index contributed by atoms with van der Waals surface area (Å²) in [7, 11) is 6.19. The van der Waals surface area contributed by atoms with Crippen molar-refractivity contribution in [3.05, 3.63) is 0 Å². The van der Waals surface area contributed by atoms with Crippen molar-refractivity contribution in [1.29, 1.82) is 0 Å². The SMILES string of the molecule is C.C.CNCCC[N+](C)(C)CCCOP=O. The number of nitrogens with one attached hydrogen (secondary N) is 1. The Bertz CT molecular complexity index is 155. The standard InChI is InChI=1S/C9H22N2O2P.2CH4/c1-10-6-4-7-11(2,3)8-5-9-13-14-12;;/h10H,4-9H2,1-3H3;2*1H4/q+1;;. The Morgan fingerprint density at radius 1 is 1.19 bits per heavy atom. The van der Waals surface area contributed by atoms with Crippen LogP contribution in [0.2, 0.25) is 0 Å². The fraction of sp³-hybridized carbons (Fsp3) is 1.00. The Balaban J connectivity index is -0.000000845. The molecule has 0 amide bonds. The highest BCUT2D eigenvalue weighted by atomic mass is 31.1. The van der Waals surface area contributed by atoms with Gasteiger partial charge in [-0.3, -0.25) is 4.52 Å². The highest BCUT2D eigenvalue weighted by Crippen LogP contribution is 2.03. The van der Waals surface area contributed by atoms with E-state index in [2.05, 4.69) is 19.4 Å². The van der Waals surface area contributed by atoms with Gasteiger partial charge in [-0.2, -0.15) is 0 Å². The largest absolute Gasteiger partial charge is 0.328 e. The van der Waals surface area contributed by atoms with E-state index in [9.17, 15) is 4.57 Å². The zero-order chi connectivity index (χ0) is 10.9. The molecule has 0 aliphatic rings. The third-order valence-corrected chi connectivity index (χ3v) is 2.53. The van der Waals surface area contributed by atoms with Crippen molar-refractivity contribution in [2.24, 2.45) is 0 Å². The van der Waals surface area contributed by atoms with Gasteiger partial charge in [-0.1, -0.05) is 14.9 Å². The second-order valence-corrected chi connectivity index (χ2v) is 4.51. The van der Waals surface area contributed by atoms with Gasteiger partial charge in [-0.25, -0.2) is 4.57 Å². The molecule has 0 radical (unpaired) electrons. The molecule has 4 nitrogen and oxygen atoms in total. The zero-order valence-electron chi connectivity index (χ0n) is 9.45. The molecule has 0 bridgehead atoms. The molecule has 0 unspecified atom stereocenters. The average molecular weight is 253 g/mol. The summed E-state index contributed by atoms with van der Waals surface area (Å²) in [6, 6.07) is 0. The molecule has 0 saturated carbocycles. The molecule has 100 valence electrons. The van der Waals surface area contributed by atoms with Crippen LogP contribution in [0.1, 0.15) is 27.7 Å². The van der Waals surface area contributed by atoms with Crippen LogP contribution >= 0.6 is 8.69 Å². The zero-order valence-corrected chi connectivity index (χ0v) is 10.3. The normalized spacial score (nSPS) is 10.7. The Kier molecular flexibility index (Phi) is 17.4. The molecule has 0 aromatic carbocycles. The summed E-state index contributed by atoms with van der Waals surface area (Å²) >= 11 is 0. The van der Waals surface area contributed by atoms with Gasteiger partial charge in [0.15, 0.2) is 0 Å². The number of hydrogen-bond acceptors (Lipinski definition) is 3. The van der Waals surface area contributed by atoms with E-state index in [0.717, 1.165) is 30.5 Å². The van der Waals surface area contributed by atoms with E-state index in [1.807, 2.05) is 7.05 Å². The highest BCUT2D eigenvalue weighted by molar-refractivity contribution is 7.17. The molecule has 5 heteroatoms. The van der Waals surface area contributed by atoms with Crippen LogP contribution < -0.4 is 5.32 Å². The van der Waals surface area contributed by atoms with Crippen LogP contribution in [0.4, 0.5) is 0 Å². The third-order valence-electron chi connectivity index (χ3n) is 2.24. The van der Waals surface area contributed by atoms with Gasteiger partial charge >= 0.3 is 8.69 Å². The predicted octanol–water partition coefficient (Wildman–Crippen LogP) is 2.56. The van der Waals surface area contributed by atoms with E-state index in [0.29, 0.717) is 6.61 Å². The second kappa shape index (κ2) is 13.0. The van der Waals surface area contributed by atoms with Crippen LogP contribution in [0, 0.1) is 0 Å². The molecule has 0 aromatic rings. The molecule has 16 heavy (non-hydrogen) atoms. The molecule has 0 saturated heterocycles. The molecule has 0 rings (SSSR count). The maximum Gasteiger partial charge on any atom is 0.327 e. The van der Waals surface area contributed by atoms with Gasteiger partial charge in [0.05, 0.1) is 33.8 Å². The van der Waals surface area contributed by atoms with Crippen molar-refractivity contribution in [3.63, 3.8) is 0 Å². The van der Waals surface area contributed by atoms with Crippen LogP contribution in [0.15, 0.2) is 0 Å². The molecule has 0 spiro atoms. The quantitative estimate of drug-likeness (QED) is 0.390. The van der Waals surface area contributed by atoms with Crippen LogP contribution in [-0.4, -0.2) is 51.9 Å². The van der Waals surface area contributed by atoms with Gasteiger partial charge in [0.1, 0.15) is 0 Å². The summed E-state index contributed by atoms with van der Waals surface area (Å²) in [6.45, 7) is 3.88. The predicted molar refractivity (Wildman–Crippen MR) is 72.0 cm³/mol. The Morgan fingerprint density at radius 2 is 1.75 bits per heavy atom. The monoisotopic (exact) mass is 253 g/mol. The summed E-state index contributed by atoms with van der Waals surface area (Å²) in [4.78, 5) is 0. The number of nitrogens with zero attached hydrogens (tertiary/aromatic N) is 1. The van der Waals surface area contributed by atoms with Gasteiger partial charge in [0, 0.05) is 19.4 Å². The fourth-order valence-corrected chi connectivity index (χ4v) is 1.59. The minimum atomic E-state index is -0.204. The molecule has 0 aliphatic carbocycles. The number of rotatable bonds is 9. The van der Waals surface area contributed by atoms with Crippen molar-refractivity contribution in [2.75, 3.05) is 47.4 Å². The smallest absolute Gasteiger partial charge is 0.327 e. The lowest BCUT2D eigenvalue weighted by molar-refractivity contribution is -0.890. The minimum absolute atomic E-state index is 0. The Labute approximate surface area is 103 Å². The fourth-order valence-electron chi connectivity index (χ4n) is 1.39. The van der Waals surface area contributed by atoms with Crippen LogP contribution in [0.3, 0.4) is 0 Å². The molecule has 0 heterocycles. The molecule has 0 aromatic heterocycles. The molecule has 0 fully saturated rings. The van der Waals surface area contributed by atoms with E-state index in [1.54, 1.807) is 0 Å². The van der Waals surface area contributed by atoms with Gasteiger partial charge in [0.25, 0.3) is 0 Å². The van der Waals surface area contributed by atoms with Crippen molar-refractivity contribution in [2.45, 2.75) is 27.7 Å². The van der Waals surface area contributed by atoms with E-state index in [4.69, 9.17) is 4.52 Å². The van der Waals surface area contributed by atoms with Crippen LogP contribution in [-0.2, 0) is 9.09 Å². The van der Waals surface area contributed by atoms with Crippen LogP contribution in [0.25, 0.3) is 0 Å². The summed E-state index contributed by atoms with van der Waals surface area (Å²) in [5.41, 5.74) is 0. The van der Waals surface area contributed by atoms with E-state index in [1.165, 1.54) is 6.42 Å². The summed E-state index contributed by atoms with van der Waals surface area (Å²) in [5.74, 6) is 0. The maximum absolute atomic E-state index is 10.0. The van der Waals surface area contributed by atoms with Crippen LogP contribution in [0.5, 0.6) is 0 Å². The van der Waals surface area contributed by atoms with E-state index < -0.39 is 0 Å². The van der Waals surface area contributed by atoms with Crippen molar-refractivity contribution < 1.29 is 13.6 Å². The molecule has 0 atom stereocenters. The summed E-state index contributed by atoms with van der Waals surface area (Å²) in [5, 5.41) is 3.14. The maximum atomic E-state index is 10.0. The van der Waals surface area contributed by atoms with Crippen molar-refractivity contribution >= 4 is 8.69 Å². The molecular formula is C11H30N2O2P+. The Hall–Kier alpha value is -0.0200. The summed E-state index contributed by atoms with van der Waals surface area (Å²) < 4.78 is 15.8. The first-order valence-electron chi connectivity index (χ1n) is 5.03. The lowest BCUT2D eigenvalue weighted by Gasteiger charge is -2.29. The van der Waals surface area contributed by atoms with Gasteiger partial charge in [-0.05, 0) is 7.05 Å². The van der Waals surface area contributed by atoms with Gasteiger partial charge in [-0.15, -0.1) is 0 Å². The lowest BCUT2D eigenvalue weighted by Crippen LogP contribution is -2.42. The lowest BCUT2D eigenvalue weighted by atomic mass is 10.3. The third kappa shape index (κ3) is 14.0. The number of quaternary nitrogens is 1. The van der Waals surface area contributed by atoms with E-state index in [-0.39, 0.29) is 23.5 Å². The molecule has 1 N–H and O–H groups in total. The van der Waals surface area contributed by atoms with Crippen molar-refractivity contribution in [3.8, 4) is 0 Å². The first-order chi connectivity index (χ1) is 6.62. The first-order valence-corrected chi connectivity index (χ1v) is 5.76. The van der Waals surface area contributed by atoms with Gasteiger partial charge in [0.2, 0.25) is 0 Å². The summed E-state index contributed by atoms with van der Waals surface area (Å²) in [6.07, 6.45) is 2.14. The minimum Gasteiger partial charge on any atom is -0.328 e.